The van der Waals surface area contributed by atoms with Crippen LogP contribution in [0.25, 0.3) is 10.6 Å². The SMILES string of the molecule is OCCNC1CCCc2nc(-c3ccc(Cl)cc3)sc21. The average Bonchev–Trinajstić information content (AvgIpc) is 2.90. The first-order valence-electron chi connectivity index (χ1n) is 6.87. The van der Waals surface area contributed by atoms with Crippen molar-refractivity contribution in [1.82, 2.24) is 10.3 Å². The van der Waals surface area contributed by atoms with Crippen LogP contribution in [0.3, 0.4) is 0 Å². The number of hydrogen-bond donors (Lipinski definition) is 2. The highest BCUT2D eigenvalue weighted by molar-refractivity contribution is 7.15. The van der Waals surface area contributed by atoms with E-state index in [1.165, 1.54) is 10.6 Å². The van der Waals surface area contributed by atoms with Crippen molar-refractivity contribution in [1.29, 1.82) is 0 Å². The summed E-state index contributed by atoms with van der Waals surface area (Å²) < 4.78 is 0. The molecule has 1 unspecified atom stereocenters. The Balaban J connectivity index is 1.88. The van der Waals surface area contributed by atoms with Crippen molar-refractivity contribution in [2.45, 2.75) is 25.3 Å². The Hall–Kier alpha value is -0.940. The molecule has 0 saturated carbocycles. The van der Waals surface area contributed by atoms with Gasteiger partial charge in [0.1, 0.15) is 5.01 Å². The summed E-state index contributed by atoms with van der Waals surface area (Å²) in [5, 5.41) is 14.2. The number of nitrogens with one attached hydrogen (secondary N) is 1. The lowest BCUT2D eigenvalue weighted by Crippen LogP contribution is -2.26. The van der Waals surface area contributed by atoms with E-state index in [1.807, 2.05) is 24.3 Å². The Morgan fingerprint density at radius 2 is 2.15 bits per heavy atom. The summed E-state index contributed by atoms with van der Waals surface area (Å²) in [4.78, 5) is 6.11. The smallest absolute Gasteiger partial charge is 0.123 e. The fourth-order valence-corrected chi connectivity index (χ4v) is 3.92. The van der Waals surface area contributed by atoms with E-state index in [4.69, 9.17) is 21.7 Å². The number of hydrogen-bond acceptors (Lipinski definition) is 4. The van der Waals surface area contributed by atoms with Crippen molar-refractivity contribution >= 4 is 22.9 Å². The molecule has 0 amide bonds. The van der Waals surface area contributed by atoms with Gasteiger partial charge in [-0.15, -0.1) is 11.3 Å². The minimum absolute atomic E-state index is 0.175. The minimum Gasteiger partial charge on any atom is -0.395 e. The number of thiazole rings is 1. The van der Waals surface area contributed by atoms with Gasteiger partial charge in [0.15, 0.2) is 0 Å². The van der Waals surface area contributed by atoms with Gasteiger partial charge >= 0.3 is 0 Å². The fourth-order valence-electron chi connectivity index (χ4n) is 2.57. The van der Waals surface area contributed by atoms with Gasteiger partial charge in [-0.25, -0.2) is 4.98 Å². The zero-order chi connectivity index (χ0) is 13.9. The zero-order valence-corrected chi connectivity index (χ0v) is 12.7. The summed E-state index contributed by atoms with van der Waals surface area (Å²) in [7, 11) is 0. The van der Waals surface area contributed by atoms with E-state index in [9.17, 15) is 0 Å². The van der Waals surface area contributed by atoms with E-state index in [-0.39, 0.29) is 6.61 Å². The standard InChI is InChI=1S/C15H17ClN2OS/c16-11-6-4-10(5-7-11)15-18-13-3-1-2-12(14(13)20-15)17-8-9-19/h4-7,12,17,19H,1-3,8-9H2. The maximum Gasteiger partial charge on any atom is 0.123 e. The molecule has 2 N–H and O–H groups in total. The molecule has 0 fully saturated rings. The average molecular weight is 309 g/mol. The maximum absolute atomic E-state index is 8.97. The van der Waals surface area contributed by atoms with Crippen LogP contribution < -0.4 is 5.32 Å². The molecule has 1 aliphatic carbocycles. The van der Waals surface area contributed by atoms with Crippen LogP contribution in [0.2, 0.25) is 5.02 Å². The van der Waals surface area contributed by atoms with Gasteiger partial charge in [0, 0.05) is 28.0 Å². The molecule has 0 bridgehead atoms. The first-order valence-corrected chi connectivity index (χ1v) is 8.07. The van der Waals surface area contributed by atoms with E-state index >= 15 is 0 Å². The molecule has 0 aliphatic heterocycles. The Labute approximate surface area is 127 Å². The summed E-state index contributed by atoms with van der Waals surface area (Å²) in [5.41, 5.74) is 2.33. The number of aliphatic hydroxyl groups excluding tert-OH is 1. The second-order valence-electron chi connectivity index (χ2n) is 4.96. The molecule has 3 nitrogen and oxygen atoms in total. The second-order valence-corrected chi connectivity index (χ2v) is 6.43. The van der Waals surface area contributed by atoms with Crippen LogP contribution in [0.5, 0.6) is 0 Å². The third-order valence-electron chi connectivity index (χ3n) is 3.54. The number of fused-ring (bicyclic) bond motifs is 1. The Morgan fingerprint density at radius 3 is 2.90 bits per heavy atom. The van der Waals surface area contributed by atoms with Crippen LogP contribution in [-0.4, -0.2) is 23.2 Å². The largest absolute Gasteiger partial charge is 0.395 e. The highest BCUT2D eigenvalue weighted by Gasteiger charge is 2.24. The quantitative estimate of drug-likeness (QED) is 0.909. The summed E-state index contributed by atoms with van der Waals surface area (Å²) in [6.45, 7) is 0.812. The molecule has 106 valence electrons. The lowest BCUT2D eigenvalue weighted by molar-refractivity contribution is 0.281. The predicted octanol–water partition coefficient (Wildman–Crippen LogP) is 3.42. The van der Waals surface area contributed by atoms with Gasteiger partial charge in [0.25, 0.3) is 0 Å². The van der Waals surface area contributed by atoms with Crippen molar-refractivity contribution in [2.24, 2.45) is 0 Å². The first kappa shape index (κ1) is 14.0. The summed E-state index contributed by atoms with van der Waals surface area (Å²) >= 11 is 7.68. The molecule has 1 aromatic heterocycles. The van der Waals surface area contributed by atoms with E-state index < -0.39 is 0 Å². The number of benzene rings is 1. The normalized spacial score (nSPS) is 18.0. The molecule has 2 aromatic rings. The molecule has 1 aliphatic rings. The maximum atomic E-state index is 8.97. The molecule has 1 heterocycles. The van der Waals surface area contributed by atoms with Crippen molar-refractivity contribution in [3.05, 3.63) is 39.9 Å². The molecule has 3 rings (SSSR count). The van der Waals surface area contributed by atoms with Gasteiger partial charge in [-0.2, -0.15) is 0 Å². The van der Waals surface area contributed by atoms with E-state index in [0.29, 0.717) is 12.6 Å². The molecule has 0 saturated heterocycles. The van der Waals surface area contributed by atoms with E-state index in [2.05, 4.69) is 5.32 Å². The van der Waals surface area contributed by atoms with Crippen LogP contribution in [0.15, 0.2) is 24.3 Å². The molecule has 5 heteroatoms. The van der Waals surface area contributed by atoms with Gasteiger partial charge in [-0.1, -0.05) is 23.7 Å². The van der Waals surface area contributed by atoms with Gasteiger partial charge in [-0.05, 0) is 31.4 Å². The number of aryl methyl sites for hydroxylation is 1. The van der Waals surface area contributed by atoms with Crippen LogP contribution >= 0.6 is 22.9 Å². The summed E-state index contributed by atoms with van der Waals surface area (Å²) in [6.07, 6.45) is 3.33. The topological polar surface area (TPSA) is 45.1 Å². The highest BCUT2D eigenvalue weighted by Crippen LogP contribution is 2.38. The van der Waals surface area contributed by atoms with Crippen LogP contribution in [0, 0.1) is 0 Å². The third-order valence-corrected chi connectivity index (χ3v) is 5.06. The Morgan fingerprint density at radius 1 is 1.35 bits per heavy atom. The number of nitrogens with zero attached hydrogens (tertiary/aromatic N) is 1. The Bertz CT molecular complexity index is 582. The van der Waals surface area contributed by atoms with Crippen LogP contribution in [-0.2, 0) is 6.42 Å². The first-order chi connectivity index (χ1) is 9.78. The molecule has 0 radical (unpaired) electrons. The fraction of sp³-hybridized carbons (Fsp3) is 0.400. The van der Waals surface area contributed by atoms with Gasteiger partial charge in [0.2, 0.25) is 0 Å². The predicted molar refractivity (Wildman–Crippen MR) is 83.3 cm³/mol. The number of aromatic nitrogens is 1. The number of halogens is 1. The van der Waals surface area contributed by atoms with Crippen molar-refractivity contribution < 1.29 is 5.11 Å². The molecule has 0 spiro atoms. The monoisotopic (exact) mass is 308 g/mol. The number of aliphatic hydroxyl groups is 1. The third kappa shape index (κ3) is 2.88. The van der Waals surface area contributed by atoms with Crippen molar-refractivity contribution in [3.8, 4) is 10.6 Å². The molecule has 20 heavy (non-hydrogen) atoms. The van der Waals surface area contributed by atoms with E-state index in [0.717, 1.165) is 34.9 Å². The molecular formula is C15H17ClN2OS. The summed E-state index contributed by atoms with van der Waals surface area (Å²) in [5.74, 6) is 0. The molecule has 1 aromatic carbocycles. The Kier molecular flexibility index (Phi) is 4.36. The summed E-state index contributed by atoms with van der Waals surface area (Å²) in [6, 6.07) is 8.17. The van der Waals surface area contributed by atoms with E-state index in [1.54, 1.807) is 11.3 Å². The van der Waals surface area contributed by atoms with Crippen molar-refractivity contribution in [2.75, 3.05) is 13.2 Å². The van der Waals surface area contributed by atoms with Gasteiger partial charge in [0.05, 0.1) is 12.3 Å². The minimum atomic E-state index is 0.175. The lowest BCUT2D eigenvalue weighted by Gasteiger charge is -2.21. The molecule has 1 atom stereocenters. The number of rotatable bonds is 4. The van der Waals surface area contributed by atoms with Gasteiger partial charge < -0.3 is 10.4 Å². The zero-order valence-electron chi connectivity index (χ0n) is 11.1. The lowest BCUT2D eigenvalue weighted by atomic mass is 9.98. The molecular weight excluding hydrogens is 292 g/mol. The van der Waals surface area contributed by atoms with Crippen LogP contribution in [0.1, 0.15) is 29.5 Å². The van der Waals surface area contributed by atoms with Crippen LogP contribution in [0.4, 0.5) is 0 Å². The van der Waals surface area contributed by atoms with Gasteiger partial charge in [-0.3, -0.25) is 0 Å². The highest BCUT2D eigenvalue weighted by atomic mass is 35.5. The second kappa shape index (κ2) is 6.22. The van der Waals surface area contributed by atoms with Crippen molar-refractivity contribution in [3.63, 3.8) is 0 Å².